The van der Waals surface area contributed by atoms with E-state index < -0.39 is 120 Å². The third kappa shape index (κ3) is 16.6. The Bertz CT molecular complexity index is 1120. The van der Waals surface area contributed by atoms with Crippen LogP contribution < -0.4 is 4.72 Å². The lowest BCUT2D eigenvalue weighted by molar-refractivity contribution is -0.870. The van der Waals surface area contributed by atoms with Gasteiger partial charge in [-0.3, -0.25) is 0 Å². The van der Waals surface area contributed by atoms with Gasteiger partial charge >= 0.3 is 36.6 Å². The molecule has 4 nitrogen and oxygen atoms in total. The molecule has 0 fully saturated rings. The van der Waals surface area contributed by atoms with Crippen molar-refractivity contribution in [3.8, 4) is 0 Å². The summed E-state index contributed by atoms with van der Waals surface area (Å²) in [6, 6.07) is 0. The summed E-state index contributed by atoms with van der Waals surface area (Å²) in [5, 5.41) is 0. The van der Waals surface area contributed by atoms with E-state index in [4.69, 9.17) is 0 Å². The van der Waals surface area contributed by atoms with Crippen LogP contribution in [0.25, 0.3) is 0 Å². The molecule has 0 aliphatic carbocycles. The molecule has 0 aromatic carbocycles. The van der Waals surface area contributed by atoms with E-state index in [0.29, 0.717) is 11.0 Å². The topological polar surface area (TPSA) is 46.2 Å². The zero-order valence-electron chi connectivity index (χ0n) is 25.5. The minimum Gasteiger partial charge on any atom is -0.331 e. The number of nitrogens with one attached hydrogen (secondary N) is 1. The smallest absolute Gasteiger partial charge is 0.331 e. The second-order valence-corrected chi connectivity index (χ2v) is 14.5. The second-order valence-electron chi connectivity index (χ2n) is 12.6. The van der Waals surface area contributed by atoms with E-state index in [1.807, 2.05) is 4.72 Å². The second kappa shape index (κ2) is 15.6. The molecule has 0 heterocycles. The van der Waals surface area contributed by atoms with Gasteiger partial charge in [0, 0.05) is 19.4 Å². The highest BCUT2D eigenvalue weighted by atomic mass is 32.2. The van der Waals surface area contributed by atoms with Crippen LogP contribution in [0.15, 0.2) is 0 Å². The Kier molecular flexibility index (Phi) is 15.1. The van der Waals surface area contributed by atoms with Crippen LogP contribution in [0.4, 0.5) is 87.8 Å². The molecule has 0 aliphatic rings. The fourth-order valence-corrected chi connectivity index (χ4v) is 5.73. The molecule has 0 spiro atoms. The number of hydrogen-bond donors (Lipinski definition) is 1. The summed E-state index contributed by atoms with van der Waals surface area (Å²) in [5.41, 5.74) is -6.86. The van der Waals surface area contributed by atoms with Crippen molar-refractivity contribution in [1.82, 2.24) is 4.72 Å². The van der Waals surface area contributed by atoms with E-state index in [-0.39, 0.29) is 13.0 Å². The number of rotatable bonds is 18. The Morgan fingerprint density at radius 1 is 0.571 bits per heavy atom. The summed E-state index contributed by atoms with van der Waals surface area (Å²) >= 11 is 0. The van der Waals surface area contributed by atoms with Crippen LogP contribution in [0.5, 0.6) is 0 Å². The van der Waals surface area contributed by atoms with Crippen molar-refractivity contribution in [2.24, 2.45) is 17.8 Å². The van der Waals surface area contributed by atoms with Gasteiger partial charge in [-0.05, 0) is 19.3 Å². The third-order valence-corrected chi connectivity index (χ3v) is 8.47. The molecular formula is C24H33F20N2O2S+. The Balaban J connectivity index is 6.16. The number of halogens is 20. The van der Waals surface area contributed by atoms with E-state index in [2.05, 4.69) is 0 Å². The van der Waals surface area contributed by atoms with Crippen molar-refractivity contribution in [1.29, 1.82) is 0 Å². The molecule has 0 amide bonds. The first kappa shape index (κ1) is 47.5. The average Bonchev–Trinajstić information content (AvgIpc) is 2.77. The van der Waals surface area contributed by atoms with E-state index in [9.17, 15) is 96.2 Å². The zero-order valence-corrected chi connectivity index (χ0v) is 26.4. The van der Waals surface area contributed by atoms with Gasteiger partial charge in [-0.1, -0.05) is 0 Å². The molecule has 0 saturated heterocycles. The molecule has 25 heteroatoms. The maximum absolute atomic E-state index is 14.3. The number of quaternary nitrogens is 1. The lowest BCUT2D eigenvalue weighted by Crippen LogP contribution is -2.56. The normalized spacial score (nSPS) is 17.3. The minimum absolute atomic E-state index is 0.149. The molecular weight excluding hydrogens is 760 g/mol. The van der Waals surface area contributed by atoms with E-state index in [0.717, 1.165) is 0 Å². The van der Waals surface area contributed by atoms with E-state index in [1.165, 1.54) is 0 Å². The van der Waals surface area contributed by atoms with Crippen molar-refractivity contribution >= 4 is 10.0 Å². The average molecular weight is 794 g/mol. The molecule has 0 rings (SSSR count). The summed E-state index contributed by atoms with van der Waals surface area (Å²) in [4.78, 5) is 0. The van der Waals surface area contributed by atoms with Crippen LogP contribution in [-0.2, 0) is 10.0 Å². The molecule has 0 aromatic heterocycles. The molecule has 296 valence electrons. The van der Waals surface area contributed by atoms with Crippen LogP contribution in [0, 0.1) is 17.8 Å². The SMILES string of the molecule is C[N+](C)(C)CCCNS(=O)(=O)CCC(CC(CC(CC(F)(F)CC(F)(F)CC(F)(C(F)(F)F)C(F)(F)F)C(F)(F)F)C(F)(F)F)C(F)(F)F. The quantitative estimate of drug-likeness (QED) is 0.0857. The fourth-order valence-electron chi connectivity index (χ4n) is 4.54. The number of sulfonamides is 1. The monoisotopic (exact) mass is 793 g/mol. The molecule has 0 saturated carbocycles. The highest BCUT2D eigenvalue weighted by molar-refractivity contribution is 7.89. The molecule has 1 N–H and O–H groups in total. The van der Waals surface area contributed by atoms with Crippen LogP contribution in [0.1, 0.15) is 44.9 Å². The van der Waals surface area contributed by atoms with Gasteiger partial charge in [0.1, 0.15) is 0 Å². The molecule has 0 aliphatic heterocycles. The van der Waals surface area contributed by atoms with Gasteiger partial charge in [-0.25, -0.2) is 35.1 Å². The highest BCUT2D eigenvalue weighted by Gasteiger charge is 2.75. The first-order chi connectivity index (χ1) is 21.1. The maximum atomic E-state index is 14.3. The first-order valence-corrected chi connectivity index (χ1v) is 15.4. The predicted octanol–water partition coefficient (Wildman–Crippen LogP) is 8.98. The Labute approximate surface area is 267 Å². The first-order valence-electron chi connectivity index (χ1n) is 13.7. The highest BCUT2D eigenvalue weighted by Crippen LogP contribution is 2.54. The Morgan fingerprint density at radius 3 is 1.35 bits per heavy atom. The summed E-state index contributed by atoms with van der Waals surface area (Å²) in [6.07, 6.45) is -50.0. The summed E-state index contributed by atoms with van der Waals surface area (Å²) in [6.45, 7) is 0.0364. The van der Waals surface area contributed by atoms with Gasteiger partial charge in [-0.15, -0.1) is 0 Å². The van der Waals surface area contributed by atoms with Crippen molar-refractivity contribution in [2.75, 3.05) is 40.0 Å². The standard InChI is InChI=1S/C24H33F20N2O2S/c1-46(2,3)7-4-6-45-49(47,48)8-5-14(20(30,31)32)9-15(21(33,34)35)10-16(22(36,37)38)11-17(25,26)12-18(27,28)13-19(29,23(39,40)41)24(42,43)44/h14-16,45H,4-13H2,1-3H3/q+1. The van der Waals surface area contributed by atoms with Crippen molar-refractivity contribution in [3.05, 3.63) is 0 Å². The van der Waals surface area contributed by atoms with Crippen molar-refractivity contribution < 1.29 is 101 Å². The Hall–Kier alpha value is -1.53. The molecule has 3 unspecified atom stereocenters. The number of hydrogen-bond acceptors (Lipinski definition) is 2. The van der Waals surface area contributed by atoms with E-state index >= 15 is 0 Å². The lowest BCUT2D eigenvalue weighted by Gasteiger charge is -2.35. The van der Waals surface area contributed by atoms with E-state index in [1.54, 1.807) is 21.1 Å². The number of nitrogens with zero attached hydrogens (tertiary/aromatic N) is 1. The summed E-state index contributed by atoms with van der Waals surface area (Å²) < 4.78 is 295. The van der Waals surface area contributed by atoms with Crippen molar-refractivity contribution in [3.63, 3.8) is 0 Å². The zero-order chi connectivity index (χ0) is 39.5. The van der Waals surface area contributed by atoms with Gasteiger partial charge in [0.05, 0.1) is 64.0 Å². The molecule has 0 aromatic rings. The molecule has 49 heavy (non-hydrogen) atoms. The Morgan fingerprint density at radius 2 is 0.980 bits per heavy atom. The third-order valence-electron chi connectivity index (χ3n) is 7.05. The summed E-state index contributed by atoms with van der Waals surface area (Å²) in [7, 11) is 0.497. The lowest BCUT2D eigenvalue weighted by atomic mass is 9.81. The molecule has 0 radical (unpaired) electrons. The minimum atomic E-state index is -7.20. The summed E-state index contributed by atoms with van der Waals surface area (Å²) in [5.74, 6) is -24.6. The fraction of sp³-hybridized carbons (Fsp3) is 1.00. The van der Waals surface area contributed by atoms with Crippen molar-refractivity contribution in [2.45, 2.75) is 93.3 Å². The van der Waals surface area contributed by atoms with Gasteiger partial charge in [0.15, 0.2) is 0 Å². The van der Waals surface area contributed by atoms with Gasteiger partial charge in [0.25, 0.3) is 11.8 Å². The van der Waals surface area contributed by atoms with Gasteiger partial charge in [0.2, 0.25) is 10.0 Å². The van der Waals surface area contributed by atoms with Gasteiger partial charge < -0.3 is 4.48 Å². The van der Waals surface area contributed by atoms with Crippen LogP contribution >= 0.6 is 0 Å². The van der Waals surface area contributed by atoms with Crippen LogP contribution in [-0.4, -0.2) is 101 Å². The molecule has 3 atom stereocenters. The molecule has 0 bridgehead atoms. The maximum Gasteiger partial charge on any atom is 0.431 e. The largest absolute Gasteiger partial charge is 0.431 e. The van der Waals surface area contributed by atoms with Crippen LogP contribution in [0.3, 0.4) is 0 Å². The van der Waals surface area contributed by atoms with Crippen LogP contribution in [0.2, 0.25) is 0 Å². The van der Waals surface area contributed by atoms with Gasteiger partial charge in [-0.2, -0.15) is 65.9 Å². The predicted molar refractivity (Wildman–Crippen MR) is 131 cm³/mol. The number of alkyl halides is 20.